The monoisotopic (exact) mass is 339 g/mol. The second kappa shape index (κ2) is 8.87. The maximum absolute atomic E-state index is 12.3. The van der Waals surface area contributed by atoms with Crippen molar-refractivity contribution in [1.29, 1.82) is 0 Å². The number of amides is 2. The predicted molar refractivity (Wildman–Crippen MR) is 100 cm³/mol. The zero-order valence-corrected chi connectivity index (χ0v) is 14.8. The molecule has 0 aliphatic heterocycles. The van der Waals surface area contributed by atoms with Crippen LogP contribution in [0.1, 0.15) is 35.3 Å². The van der Waals surface area contributed by atoms with E-state index in [0.29, 0.717) is 37.3 Å². The molecule has 132 valence electrons. The van der Waals surface area contributed by atoms with Gasteiger partial charge in [0.2, 0.25) is 5.91 Å². The van der Waals surface area contributed by atoms with E-state index in [2.05, 4.69) is 5.32 Å². The first-order chi connectivity index (χ1) is 12.0. The minimum absolute atomic E-state index is 0.0314. The van der Waals surface area contributed by atoms with Crippen LogP contribution in [0.5, 0.6) is 0 Å². The lowest BCUT2D eigenvalue weighted by Gasteiger charge is -2.18. The number of hydrogen-bond donors (Lipinski definition) is 2. The van der Waals surface area contributed by atoms with Crippen LogP contribution in [-0.2, 0) is 17.8 Å². The number of nitrogens with zero attached hydrogens (tertiary/aromatic N) is 1. The number of nitrogens with one attached hydrogen (secondary N) is 1. The van der Waals surface area contributed by atoms with Crippen LogP contribution in [0.15, 0.2) is 48.5 Å². The van der Waals surface area contributed by atoms with Gasteiger partial charge in [0.1, 0.15) is 0 Å². The third-order valence-electron chi connectivity index (χ3n) is 4.09. The molecule has 5 heteroatoms. The van der Waals surface area contributed by atoms with Crippen LogP contribution in [0.2, 0.25) is 0 Å². The molecule has 0 saturated heterocycles. The molecule has 0 radical (unpaired) electrons. The Morgan fingerprint density at radius 1 is 0.920 bits per heavy atom. The quantitative estimate of drug-likeness (QED) is 0.762. The van der Waals surface area contributed by atoms with Crippen molar-refractivity contribution in [1.82, 2.24) is 10.2 Å². The second-order valence-electron chi connectivity index (χ2n) is 5.87. The van der Waals surface area contributed by atoms with Gasteiger partial charge in [-0.15, -0.1) is 0 Å². The Balaban J connectivity index is 1.87. The molecule has 0 spiro atoms. The average molecular weight is 339 g/mol. The molecule has 0 bridgehead atoms. The van der Waals surface area contributed by atoms with Crippen LogP contribution in [0.3, 0.4) is 0 Å². The molecule has 2 aromatic rings. The number of rotatable bonds is 7. The summed E-state index contributed by atoms with van der Waals surface area (Å²) in [5.74, 6) is -0.0167. The zero-order chi connectivity index (χ0) is 18.2. The largest absolute Gasteiger partial charge is 0.399 e. The summed E-state index contributed by atoms with van der Waals surface area (Å²) < 4.78 is 0. The van der Waals surface area contributed by atoms with Crippen LogP contribution < -0.4 is 11.1 Å². The third-order valence-corrected chi connectivity index (χ3v) is 4.09. The second-order valence-corrected chi connectivity index (χ2v) is 5.87. The summed E-state index contributed by atoms with van der Waals surface area (Å²) in [6, 6.07) is 14.6. The van der Waals surface area contributed by atoms with Crippen molar-refractivity contribution in [2.45, 2.75) is 26.8 Å². The van der Waals surface area contributed by atoms with E-state index in [1.54, 1.807) is 17.0 Å². The van der Waals surface area contributed by atoms with E-state index in [1.165, 1.54) is 0 Å². The van der Waals surface area contributed by atoms with E-state index < -0.39 is 0 Å². The van der Waals surface area contributed by atoms with Crippen LogP contribution in [0.25, 0.3) is 0 Å². The summed E-state index contributed by atoms with van der Waals surface area (Å²) in [7, 11) is 0. The van der Waals surface area contributed by atoms with Crippen molar-refractivity contribution in [3.63, 3.8) is 0 Å². The Labute approximate surface area is 148 Å². The number of carbonyl (C=O) groups excluding carboxylic acids is 2. The number of carbonyl (C=O) groups is 2. The van der Waals surface area contributed by atoms with Gasteiger partial charge in [-0.2, -0.15) is 0 Å². The maximum Gasteiger partial charge on any atom is 0.253 e. The normalized spacial score (nSPS) is 10.3. The van der Waals surface area contributed by atoms with Crippen LogP contribution in [0, 0.1) is 0 Å². The highest BCUT2D eigenvalue weighted by atomic mass is 16.2. The minimum Gasteiger partial charge on any atom is -0.399 e. The molecule has 2 aromatic carbocycles. The van der Waals surface area contributed by atoms with Crippen LogP contribution in [-0.4, -0.2) is 29.8 Å². The first-order valence-electron chi connectivity index (χ1n) is 8.52. The lowest BCUT2D eigenvalue weighted by molar-refractivity contribution is -0.120. The molecule has 0 aliphatic carbocycles. The molecule has 0 aliphatic rings. The summed E-state index contributed by atoms with van der Waals surface area (Å²) in [4.78, 5) is 26.0. The lowest BCUT2D eigenvalue weighted by atomic mass is 10.1. The van der Waals surface area contributed by atoms with Gasteiger partial charge >= 0.3 is 0 Å². The number of hydrogen-bond acceptors (Lipinski definition) is 3. The summed E-state index contributed by atoms with van der Waals surface area (Å²) in [5.41, 5.74) is 8.87. The molecule has 0 heterocycles. The molecule has 3 N–H and O–H groups in total. The molecular formula is C20H25N3O2. The number of benzene rings is 2. The number of nitrogens with two attached hydrogens (primary N) is 1. The molecule has 5 nitrogen and oxygen atoms in total. The van der Waals surface area contributed by atoms with Crippen molar-refractivity contribution in [3.8, 4) is 0 Å². The Hall–Kier alpha value is -2.82. The van der Waals surface area contributed by atoms with Crippen LogP contribution in [0.4, 0.5) is 5.69 Å². The topological polar surface area (TPSA) is 75.4 Å². The van der Waals surface area contributed by atoms with Crippen LogP contribution >= 0.6 is 0 Å². The van der Waals surface area contributed by atoms with E-state index in [4.69, 9.17) is 5.73 Å². The van der Waals surface area contributed by atoms with Gasteiger partial charge in [-0.25, -0.2) is 0 Å². The molecular weight excluding hydrogens is 314 g/mol. The Morgan fingerprint density at radius 2 is 1.48 bits per heavy atom. The van der Waals surface area contributed by atoms with Gasteiger partial charge in [0, 0.05) is 30.9 Å². The highest BCUT2D eigenvalue weighted by Gasteiger charge is 2.12. The molecule has 0 fully saturated rings. The average Bonchev–Trinajstić information content (AvgIpc) is 2.63. The van der Waals surface area contributed by atoms with Gasteiger partial charge in [0.05, 0.1) is 6.42 Å². The summed E-state index contributed by atoms with van der Waals surface area (Å²) in [6.07, 6.45) is 0.318. The van der Waals surface area contributed by atoms with E-state index in [0.717, 1.165) is 11.1 Å². The fourth-order valence-corrected chi connectivity index (χ4v) is 2.54. The van der Waals surface area contributed by atoms with Crippen molar-refractivity contribution in [3.05, 3.63) is 65.2 Å². The predicted octanol–water partition coefficient (Wildman–Crippen LogP) is 2.61. The first kappa shape index (κ1) is 18.5. The maximum atomic E-state index is 12.3. The first-order valence-corrected chi connectivity index (χ1v) is 8.52. The highest BCUT2D eigenvalue weighted by Crippen LogP contribution is 2.09. The Kier molecular flexibility index (Phi) is 6.57. The molecule has 25 heavy (non-hydrogen) atoms. The number of anilines is 1. The van der Waals surface area contributed by atoms with Gasteiger partial charge < -0.3 is 16.0 Å². The standard InChI is InChI=1S/C20H25N3O2/c1-3-23(4-2)20(25)17-9-5-16(6-10-17)14-22-19(24)13-15-7-11-18(21)12-8-15/h5-12H,3-4,13-14,21H2,1-2H3,(H,22,24). The van der Waals surface area contributed by atoms with Crippen molar-refractivity contribution in [2.24, 2.45) is 0 Å². The molecule has 2 amide bonds. The van der Waals surface area contributed by atoms with Gasteiger partial charge in [0.25, 0.3) is 5.91 Å². The molecule has 0 saturated carbocycles. The van der Waals surface area contributed by atoms with E-state index >= 15 is 0 Å². The van der Waals surface area contributed by atoms with Crippen molar-refractivity contribution < 1.29 is 9.59 Å². The summed E-state index contributed by atoms with van der Waals surface area (Å²) in [5, 5.41) is 2.89. The number of nitrogen functional groups attached to an aromatic ring is 1. The van der Waals surface area contributed by atoms with Gasteiger partial charge in [-0.3, -0.25) is 9.59 Å². The summed E-state index contributed by atoms with van der Waals surface area (Å²) >= 11 is 0. The Bertz CT molecular complexity index is 705. The molecule has 0 aromatic heterocycles. The fourth-order valence-electron chi connectivity index (χ4n) is 2.54. The van der Waals surface area contributed by atoms with Crippen molar-refractivity contribution in [2.75, 3.05) is 18.8 Å². The van der Waals surface area contributed by atoms with Gasteiger partial charge in [-0.05, 0) is 49.2 Å². The lowest BCUT2D eigenvalue weighted by Crippen LogP contribution is -2.30. The van der Waals surface area contributed by atoms with E-state index in [1.807, 2.05) is 50.2 Å². The van der Waals surface area contributed by atoms with Gasteiger partial charge in [-0.1, -0.05) is 24.3 Å². The Morgan fingerprint density at radius 3 is 2.04 bits per heavy atom. The van der Waals surface area contributed by atoms with E-state index in [-0.39, 0.29) is 11.8 Å². The SMILES string of the molecule is CCN(CC)C(=O)c1ccc(CNC(=O)Cc2ccc(N)cc2)cc1. The summed E-state index contributed by atoms with van der Waals surface area (Å²) in [6.45, 7) is 5.75. The molecule has 0 unspecified atom stereocenters. The van der Waals surface area contributed by atoms with Gasteiger partial charge in [0.15, 0.2) is 0 Å². The smallest absolute Gasteiger partial charge is 0.253 e. The zero-order valence-electron chi connectivity index (χ0n) is 14.8. The van der Waals surface area contributed by atoms with E-state index in [9.17, 15) is 9.59 Å². The minimum atomic E-state index is -0.0481. The molecule has 0 atom stereocenters. The highest BCUT2D eigenvalue weighted by molar-refractivity contribution is 5.94. The third kappa shape index (κ3) is 5.35. The van der Waals surface area contributed by atoms with Crippen molar-refractivity contribution >= 4 is 17.5 Å². The molecule has 2 rings (SSSR count). The fraction of sp³-hybridized carbons (Fsp3) is 0.300.